The van der Waals surface area contributed by atoms with Gasteiger partial charge in [-0.1, -0.05) is 12.1 Å². The Morgan fingerprint density at radius 2 is 1.83 bits per heavy atom. The Bertz CT molecular complexity index is 1260. The highest BCUT2D eigenvalue weighted by Crippen LogP contribution is 2.28. The highest BCUT2D eigenvalue weighted by Gasteiger charge is 2.17. The van der Waals surface area contributed by atoms with Crippen LogP contribution in [0.5, 0.6) is 0 Å². The van der Waals surface area contributed by atoms with Gasteiger partial charge in [-0.3, -0.25) is 4.79 Å². The number of hydrogen-bond acceptors (Lipinski definition) is 5. The summed E-state index contributed by atoms with van der Waals surface area (Å²) < 4.78 is 10.9. The molecule has 0 aliphatic heterocycles. The van der Waals surface area contributed by atoms with E-state index in [1.807, 2.05) is 32.0 Å². The minimum absolute atomic E-state index is 0.0768. The first-order valence-electron chi connectivity index (χ1n) is 9.40. The predicted octanol–water partition coefficient (Wildman–Crippen LogP) is 3.87. The summed E-state index contributed by atoms with van der Waals surface area (Å²) in [6.45, 7) is 3.85. The lowest BCUT2D eigenvalue weighted by molar-refractivity contribution is -0.115. The Kier molecular flexibility index (Phi) is 4.94. The zero-order valence-electron chi connectivity index (χ0n) is 16.2. The van der Waals surface area contributed by atoms with Crippen LogP contribution in [-0.2, 0) is 17.6 Å². The number of aliphatic hydroxyl groups is 1. The zero-order valence-corrected chi connectivity index (χ0v) is 16.2. The minimum atomic E-state index is -0.522. The number of amides is 1. The average Bonchev–Trinajstić information content (AvgIpc) is 3.06. The molecule has 1 amide bonds. The number of fused-ring (bicyclic) bond motifs is 2. The molecular weight excluding hydrogens is 370 g/mol. The molecule has 148 valence electrons. The van der Waals surface area contributed by atoms with Crippen LogP contribution in [0.25, 0.3) is 21.9 Å². The fraction of sp³-hybridized carbons (Fsp3) is 0.217. The number of carbonyl (C=O) groups excluding carboxylic acids is 1. The molecule has 0 atom stereocenters. The predicted molar refractivity (Wildman–Crippen MR) is 111 cm³/mol. The molecule has 2 N–H and O–H groups in total. The van der Waals surface area contributed by atoms with Crippen molar-refractivity contribution in [3.05, 3.63) is 75.3 Å². The molecule has 0 aliphatic rings. The molecule has 2 heterocycles. The van der Waals surface area contributed by atoms with Gasteiger partial charge < -0.3 is 19.3 Å². The fourth-order valence-electron chi connectivity index (χ4n) is 3.49. The van der Waals surface area contributed by atoms with Crippen LogP contribution in [0, 0.1) is 13.8 Å². The minimum Gasteiger partial charge on any atom is -0.464 e. The normalized spacial score (nSPS) is 11.3. The number of rotatable bonds is 5. The van der Waals surface area contributed by atoms with Gasteiger partial charge in [-0.25, -0.2) is 4.79 Å². The van der Waals surface area contributed by atoms with Crippen molar-refractivity contribution in [2.24, 2.45) is 0 Å². The van der Waals surface area contributed by atoms with Gasteiger partial charge in [0.25, 0.3) is 0 Å². The summed E-state index contributed by atoms with van der Waals surface area (Å²) in [5.74, 6) is -0.296. The lowest BCUT2D eigenvalue weighted by atomic mass is 10.0. The molecule has 0 bridgehead atoms. The van der Waals surface area contributed by atoms with E-state index in [1.165, 1.54) is 0 Å². The van der Waals surface area contributed by atoms with E-state index in [2.05, 4.69) is 5.32 Å². The van der Waals surface area contributed by atoms with E-state index < -0.39 is 5.63 Å². The van der Waals surface area contributed by atoms with Crippen LogP contribution < -0.4 is 10.9 Å². The number of aliphatic hydroxyl groups excluding tert-OH is 1. The van der Waals surface area contributed by atoms with E-state index in [0.717, 1.165) is 27.5 Å². The van der Waals surface area contributed by atoms with Gasteiger partial charge in [0.15, 0.2) is 0 Å². The molecule has 0 saturated carbocycles. The summed E-state index contributed by atoms with van der Waals surface area (Å²) in [7, 11) is 0. The average molecular weight is 391 g/mol. The molecule has 0 spiro atoms. The zero-order chi connectivity index (χ0) is 20.5. The molecule has 4 rings (SSSR count). The summed E-state index contributed by atoms with van der Waals surface area (Å²) in [5, 5.41) is 13.5. The number of carbonyl (C=O) groups is 1. The Balaban J connectivity index is 1.62. The van der Waals surface area contributed by atoms with Crippen LogP contribution in [0.4, 0.5) is 5.69 Å². The van der Waals surface area contributed by atoms with Crippen LogP contribution in [0.3, 0.4) is 0 Å². The summed E-state index contributed by atoms with van der Waals surface area (Å²) in [4.78, 5) is 25.0. The molecule has 0 saturated heterocycles. The van der Waals surface area contributed by atoms with E-state index >= 15 is 0 Å². The van der Waals surface area contributed by atoms with Gasteiger partial charge in [-0.15, -0.1) is 0 Å². The van der Waals surface area contributed by atoms with Crippen molar-refractivity contribution in [1.82, 2.24) is 0 Å². The Labute approximate surface area is 166 Å². The molecule has 0 radical (unpaired) electrons. The quantitative estimate of drug-likeness (QED) is 0.504. The van der Waals surface area contributed by atoms with E-state index in [4.69, 9.17) is 13.9 Å². The van der Waals surface area contributed by atoms with Crippen LogP contribution >= 0.6 is 0 Å². The number of hydrogen-bond donors (Lipinski definition) is 2. The van der Waals surface area contributed by atoms with Crippen LogP contribution in [0.2, 0.25) is 0 Å². The standard InChI is InChI=1S/C23H21NO5/c1-13-12-28-20-11-21-18(9-17(13)20)14(2)19(23(27)29-21)10-22(26)24-16-5-3-15(4-6-16)7-8-25/h3-6,9,11-12,25H,7-8,10H2,1-2H3,(H,24,26). The maximum absolute atomic E-state index is 12.5. The summed E-state index contributed by atoms with van der Waals surface area (Å²) in [6, 6.07) is 10.9. The van der Waals surface area contributed by atoms with Crippen molar-refractivity contribution >= 4 is 33.5 Å². The van der Waals surface area contributed by atoms with E-state index in [-0.39, 0.29) is 18.9 Å². The number of anilines is 1. The highest BCUT2D eigenvalue weighted by atomic mass is 16.4. The van der Waals surface area contributed by atoms with Gasteiger partial charge in [0.2, 0.25) is 5.91 Å². The number of nitrogens with one attached hydrogen (secondary N) is 1. The topological polar surface area (TPSA) is 92.7 Å². The molecule has 4 aromatic rings. The Morgan fingerprint density at radius 3 is 2.55 bits per heavy atom. The van der Waals surface area contributed by atoms with Gasteiger partial charge in [0.05, 0.1) is 18.2 Å². The Hall–Kier alpha value is -3.38. The first-order valence-corrected chi connectivity index (χ1v) is 9.40. The first kappa shape index (κ1) is 19.0. The van der Waals surface area contributed by atoms with E-state index in [1.54, 1.807) is 24.5 Å². The van der Waals surface area contributed by atoms with Crippen LogP contribution in [0.15, 0.2) is 56.3 Å². The summed E-state index contributed by atoms with van der Waals surface area (Å²) in [6.07, 6.45) is 2.15. The molecular formula is C23H21NO5. The second-order valence-electron chi connectivity index (χ2n) is 7.15. The van der Waals surface area contributed by atoms with Gasteiger partial charge in [0.1, 0.15) is 11.2 Å². The Morgan fingerprint density at radius 1 is 1.07 bits per heavy atom. The maximum atomic E-state index is 12.5. The second kappa shape index (κ2) is 7.56. The van der Waals surface area contributed by atoms with Crippen LogP contribution in [0.1, 0.15) is 22.3 Å². The van der Waals surface area contributed by atoms with Crippen molar-refractivity contribution in [1.29, 1.82) is 0 Å². The van der Waals surface area contributed by atoms with Crippen molar-refractivity contribution in [2.45, 2.75) is 26.7 Å². The maximum Gasteiger partial charge on any atom is 0.340 e. The number of aryl methyl sites for hydroxylation is 2. The van der Waals surface area contributed by atoms with Crippen LogP contribution in [-0.4, -0.2) is 17.6 Å². The molecule has 0 aliphatic carbocycles. The van der Waals surface area contributed by atoms with Crippen molar-refractivity contribution < 1.29 is 18.7 Å². The monoisotopic (exact) mass is 391 g/mol. The van der Waals surface area contributed by atoms with Crippen molar-refractivity contribution in [3.8, 4) is 0 Å². The lowest BCUT2D eigenvalue weighted by Crippen LogP contribution is -2.20. The largest absolute Gasteiger partial charge is 0.464 e. The first-order chi connectivity index (χ1) is 14.0. The number of benzene rings is 2. The summed E-state index contributed by atoms with van der Waals surface area (Å²) in [5.41, 5.74) is 4.26. The molecule has 6 nitrogen and oxygen atoms in total. The molecule has 0 fully saturated rings. The molecule has 2 aromatic heterocycles. The van der Waals surface area contributed by atoms with Gasteiger partial charge >= 0.3 is 5.63 Å². The smallest absolute Gasteiger partial charge is 0.340 e. The van der Waals surface area contributed by atoms with Gasteiger partial charge in [0, 0.05) is 29.1 Å². The van der Waals surface area contributed by atoms with Gasteiger partial charge in [-0.2, -0.15) is 0 Å². The fourth-order valence-corrected chi connectivity index (χ4v) is 3.49. The second-order valence-corrected chi connectivity index (χ2v) is 7.15. The van der Waals surface area contributed by atoms with Crippen molar-refractivity contribution in [3.63, 3.8) is 0 Å². The SMILES string of the molecule is Cc1coc2cc3oc(=O)c(CC(=O)Nc4ccc(CCO)cc4)c(C)c3cc12. The molecule has 29 heavy (non-hydrogen) atoms. The third-order valence-electron chi connectivity index (χ3n) is 5.15. The summed E-state index contributed by atoms with van der Waals surface area (Å²) >= 11 is 0. The van der Waals surface area contributed by atoms with Crippen molar-refractivity contribution in [2.75, 3.05) is 11.9 Å². The molecule has 2 aromatic carbocycles. The van der Waals surface area contributed by atoms with E-state index in [0.29, 0.717) is 28.8 Å². The number of furan rings is 1. The lowest BCUT2D eigenvalue weighted by Gasteiger charge is -2.09. The molecule has 6 heteroatoms. The van der Waals surface area contributed by atoms with E-state index in [9.17, 15) is 9.59 Å². The highest BCUT2D eigenvalue weighted by molar-refractivity contribution is 5.97. The van der Waals surface area contributed by atoms with Gasteiger partial charge in [-0.05, 0) is 55.2 Å². The third-order valence-corrected chi connectivity index (χ3v) is 5.15. The third kappa shape index (κ3) is 3.67. The molecule has 0 unspecified atom stereocenters.